The first-order chi connectivity index (χ1) is 9.42. The van der Waals surface area contributed by atoms with Crippen molar-refractivity contribution >= 4 is 27.6 Å². The zero-order chi connectivity index (χ0) is 15.2. The Bertz CT molecular complexity index is 573. The van der Waals surface area contributed by atoms with Gasteiger partial charge in [-0.15, -0.1) is 0 Å². The Balaban J connectivity index is 3.06. The van der Waals surface area contributed by atoms with Gasteiger partial charge in [-0.1, -0.05) is 24.6 Å². The van der Waals surface area contributed by atoms with E-state index in [1.165, 1.54) is 19.2 Å². The molecule has 0 fully saturated rings. The van der Waals surface area contributed by atoms with Crippen LogP contribution in [0.25, 0.3) is 0 Å². The summed E-state index contributed by atoms with van der Waals surface area (Å²) in [5, 5.41) is 0.0240. The highest BCUT2D eigenvalue weighted by Crippen LogP contribution is 2.31. The average molecular weight is 322 g/mol. The lowest BCUT2D eigenvalue weighted by molar-refractivity contribution is -0.139. The lowest BCUT2D eigenvalue weighted by Crippen LogP contribution is -2.30. The van der Waals surface area contributed by atoms with E-state index in [0.717, 1.165) is 6.42 Å². The Morgan fingerprint density at radius 3 is 2.70 bits per heavy atom. The molecule has 1 rings (SSSR count). The van der Waals surface area contributed by atoms with Crippen LogP contribution >= 0.6 is 11.6 Å². The number of carbonyl (C=O) groups is 1. The largest absolute Gasteiger partial charge is 0.492 e. The number of halogens is 1. The lowest BCUT2D eigenvalue weighted by Gasteiger charge is -2.13. The molecule has 0 spiro atoms. The minimum Gasteiger partial charge on any atom is -0.492 e. The van der Waals surface area contributed by atoms with E-state index in [-0.39, 0.29) is 15.7 Å². The first-order valence-electron chi connectivity index (χ1n) is 5.90. The standard InChI is InChI=1S/C12H16ClNO5S/c1-3-7-19-10-6-4-5-9(13)12(10)20(16,17)14-8-11(15)18-2/h4-6,14H,3,7-8H2,1-2H3. The molecular formula is C12H16ClNO5S. The number of hydrogen-bond acceptors (Lipinski definition) is 5. The molecule has 0 aromatic heterocycles. The van der Waals surface area contributed by atoms with Crippen molar-refractivity contribution in [2.45, 2.75) is 18.2 Å². The Labute approximate surface area is 123 Å². The molecule has 112 valence electrons. The van der Waals surface area contributed by atoms with Crippen LogP contribution in [0.15, 0.2) is 23.1 Å². The molecule has 0 saturated heterocycles. The van der Waals surface area contributed by atoms with Crippen LogP contribution in [0.4, 0.5) is 0 Å². The summed E-state index contributed by atoms with van der Waals surface area (Å²) >= 11 is 5.93. The molecule has 0 amide bonds. The van der Waals surface area contributed by atoms with Crippen molar-refractivity contribution in [3.8, 4) is 5.75 Å². The second-order valence-electron chi connectivity index (χ2n) is 3.82. The van der Waals surface area contributed by atoms with Crippen molar-refractivity contribution in [1.82, 2.24) is 4.72 Å². The number of ether oxygens (including phenoxy) is 2. The van der Waals surface area contributed by atoms with Crippen LogP contribution in [0.2, 0.25) is 5.02 Å². The maximum Gasteiger partial charge on any atom is 0.320 e. The summed E-state index contributed by atoms with van der Waals surface area (Å²) < 4.78 is 36.2. The third-order valence-electron chi connectivity index (χ3n) is 2.30. The van der Waals surface area contributed by atoms with Gasteiger partial charge in [-0.3, -0.25) is 4.79 Å². The van der Waals surface area contributed by atoms with Crippen LogP contribution in [0.3, 0.4) is 0 Å². The summed E-state index contributed by atoms with van der Waals surface area (Å²) in [6.07, 6.45) is 0.724. The number of carbonyl (C=O) groups excluding carboxylic acids is 1. The summed E-state index contributed by atoms with van der Waals surface area (Å²) in [5.41, 5.74) is 0. The zero-order valence-electron chi connectivity index (χ0n) is 11.2. The van der Waals surface area contributed by atoms with Crippen molar-refractivity contribution in [2.75, 3.05) is 20.3 Å². The van der Waals surface area contributed by atoms with Crippen LogP contribution in [-0.2, 0) is 19.6 Å². The first-order valence-corrected chi connectivity index (χ1v) is 7.76. The van der Waals surface area contributed by atoms with Gasteiger partial charge in [0, 0.05) is 0 Å². The predicted octanol–water partition coefficient (Wildman–Crippen LogP) is 1.58. The van der Waals surface area contributed by atoms with E-state index >= 15 is 0 Å². The maximum atomic E-state index is 12.2. The van der Waals surface area contributed by atoms with Crippen LogP contribution in [0, 0.1) is 0 Å². The molecule has 8 heteroatoms. The molecular weight excluding hydrogens is 306 g/mol. The number of rotatable bonds is 7. The van der Waals surface area contributed by atoms with E-state index in [9.17, 15) is 13.2 Å². The molecule has 0 radical (unpaired) electrons. The molecule has 6 nitrogen and oxygen atoms in total. The Morgan fingerprint density at radius 1 is 1.40 bits per heavy atom. The molecule has 0 heterocycles. The molecule has 0 aliphatic heterocycles. The summed E-state index contributed by atoms with van der Waals surface area (Å²) in [6.45, 7) is 1.78. The van der Waals surface area contributed by atoms with Crippen molar-refractivity contribution in [1.29, 1.82) is 0 Å². The summed E-state index contributed by atoms with van der Waals surface area (Å²) in [6, 6.07) is 4.54. The molecule has 0 aliphatic rings. The van der Waals surface area contributed by atoms with Gasteiger partial charge in [0.05, 0.1) is 18.7 Å². The van der Waals surface area contributed by atoms with Gasteiger partial charge >= 0.3 is 5.97 Å². The number of hydrogen-bond donors (Lipinski definition) is 1. The number of methoxy groups -OCH3 is 1. The van der Waals surface area contributed by atoms with E-state index in [0.29, 0.717) is 6.61 Å². The number of sulfonamides is 1. The maximum absolute atomic E-state index is 12.2. The zero-order valence-corrected chi connectivity index (χ0v) is 12.8. The van der Waals surface area contributed by atoms with E-state index in [4.69, 9.17) is 16.3 Å². The number of benzene rings is 1. The second kappa shape index (κ2) is 7.47. The van der Waals surface area contributed by atoms with Crippen LogP contribution in [0.5, 0.6) is 5.75 Å². The van der Waals surface area contributed by atoms with Crippen LogP contribution < -0.4 is 9.46 Å². The van der Waals surface area contributed by atoms with Crippen molar-refractivity contribution in [3.05, 3.63) is 23.2 Å². The van der Waals surface area contributed by atoms with E-state index in [1.54, 1.807) is 6.07 Å². The van der Waals surface area contributed by atoms with Gasteiger partial charge in [-0.2, -0.15) is 4.72 Å². The fourth-order valence-electron chi connectivity index (χ4n) is 1.37. The van der Waals surface area contributed by atoms with E-state index in [1.807, 2.05) is 6.92 Å². The molecule has 0 bridgehead atoms. The molecule has 0 aliphatic carbocycles. The van der Waals surface area contributed by atoms with Gasteiger partial charge in [-0.05, 0) is 18.6 Å². The third kappa shape index (κ3) is 4.36. The monoisotopic (exact) mass is 321 g/mol. The van der Waals surface area contributed by atoms with Gasteiger partial charge in [0.1, 0.15) is 17.2 Å². The summed E-state index contributed by atoms with van der Waals surface area (Å²) in [5.74, 6) is -0.548. The normalized spacial score (nSPS) is 11.2. The van der Waals surface area contributed by atoms with Crippen LogP contribution in [0.1, 0.15) is 13.3 Å². The molecule has 0 saturated carbocycles. The van der Waals surface area contributed by atoms with E-state index in [2.05, 4.69) is 9.46 Å². The minimum atomic E-state index is -3.96. The molecule has 1 aromatic rings. The fourth-order valence-corrected chi connectivity index (χ4v) is 3.01. The summed E-state index contributed by atoms with van der Waals surface area (Å²) in [7, 11) is -2.80. The van der Waals surface area contributed by atoms with Gasteiger partial charge < -0.3 is 9.47 Å². The molecule has 0 unspecified atom stereocenters. The van der Waals surface area contributed by atoms with Crippen molar-refractivity contribution in [2.24, 2.45) is 0 Å². The van der Waals surface area contributed by atoms with E-state index < -0.39 is 22.5 Å². The average Bonchev–Trinajstić information content (AvgIpc) is 2.42. The Morgan fingerprint density at radius 2 is 2.10 bits per heavy atom. The van der Waals surface area contributed by atoms with Gasteiger partial charge in [0.2, 0.25) is 10.0 Å². The Hall–Kier alpha value is -1.31. The highest BCUT2D eigenvalue weighted by Gasteiger charge is 2.24. The van der Waals surface area contributed by atoms with Crippen molar-refractivity contribution in [3.63, 3.8) is 0 Å². The second-order valence-corrected chi connectivity index (χ2v) is 5.93. The highest BCUT2D eigenvalue weighted by molar-refractivity contribution is 7.89. The Kier molecular flexibility index (Phi) is 6.25. The molecule has 1 N–H and O–H groups in total. The molecule has 1 aromatic carbocycles. The smallest absolute Gasteiger partial charge is 0.320 e. The topological polar surface area (TPSA) is 81.7 Å². The SMILES string of the molecule is CCCOc1cccc(Cl)c1S(=O)(=O)NCC(=O)OC. The summed E-state index contributed by atoms with van der Waals surface area (Å²) in [4.78, 5) is 10.8. The lowest BCUT2D eigenvalue weighted by atomic mass is 10.3. The van der Waals surface area contributed by atoms with Gasteiger partial charge in [0.25, 0.3) is 0 Å². The quantitative estimate of drug-likeness (QED) is 0.771. The predicted molar refractivity (Wildman–Crippen MR) is 74.4 cm³/mol. The van der Waals surface area contributed by atoms with Crippen LogP contribution in [-0.4, -0.2) is 34.6 Å². The molecule has 20 heavy (non-hydrogen) atoms. The van der Waals surface area contributed by atoms with Crippen molar-refractivity contribution < 1.29 is 22.7 Å². The molecule has 0 atom stereocenters. The fraction of sp³-hybridized carbons (Fsp3) is 0.417. The number of nitrogens with one attached hydrogen (secondary N) is 1. The van der Waals surface area contributed by atoms with Gasteiger partial charge in [0.15, 0.2) is 0 Å². The number of esters is 1. The minimum absolute atomic E-state index is 0.0240. The first kappa shape index (κ1) is 16.7. The highest BCUT2D eigenvalue weighted by atomic mass is 35.5. The third-order valence-corrected chi connectivity index (χ3v) is 4.21. The van der Waals surface area contributed by atoms with Gasteiger partial charge in [-0.25, -0.2) is 8.42 Å².